The van der Waals surface area contributed by atoms with Gasteiger partial charge >= 0.3 is 0 Å². The van der Waals surface area contributed by atoms with E-state index in [1.165, 1.54) is 4.88 Å². The second-order valence-corrected chi connectivity index (χ2v) is 5.65. The third-order valence-corrected chi connectivity index (χ3v) is 3.53. The Kier molecular flexibility index (Phi) is 5.38. The van der Waals surface area contributed by atoms with Gasteiger partial charge in [-0.25, -0.2) is 4.98 Å². The van der Waals surface area contributed by atoms with Gasteiger partial charge in [-0.3, -0.25) is 0 Å². The summed E-state index contributed by atoms with van der Waals surface area (Å²) in [6.07, 6.45) is 1.63. The monoisotopic (exact) mass is 242 g/mol. The SMILES string of the molecule is CCCC(O)CNC(C)c1nc(C)sc1C. The van der Waals surface area contributed by atoms with E-state index in [9.17, 15) is 5.11 Å². The highest BCUT2D eigenvalue weighted by atomic mass is 32.1. The van der Waals surface area contributed by atoms with Crippen LogP contribution in [0.25, 0.3) is 0 Å². The third-order valence-electron chi connectivity index (χ3n) is 2.63. The molecule has 0 amide bonds. The van der Waals surface area contributed by atoms with E-state index in [1.54, 1.807) is 11.3 Å². The summed E-state index contributed by atoms with van der Waals surface area (Å²) in [5.74, 6) is 0. The number of nitrogens with zero attached hydrogens (tertiary/aromatic N) is 1. The summed E-state index contributed by atoms with van der Waals surface area (Å²) in [6, 6.07) is 0.219. The zero-order chi connectivity index (χ0) is 12.1. The van der Waals surface area contributed by atoms with Crippen LogP contribution < -0.4 is 5.32 Å². The number of hydrogen-bond acceptors (Lipinski definition) is 4. The predicted molar refractivity (Wildman–Crippen MR) is 68.9 cm³/mol. The van der Waals surface area contributed by atoms with Crippen molar-refractivity contribution < 1.29 is 5.11 Å². The molecule has 3 nitrogen and oxygen atoms in total. The molecule has 1 heterocycles. The van der Waals surface area contributed by atoms with Crippen molar-refractivity contribution in [3.05, 3.63) is 15.6 Å². The van der Waals surface area contributed by atoms with Crippen molar-refractivity contribution in [3.63, 3.8) is 0 Å². The minimum absolute atomic E-state index is 0.219. The van der Waals surface area contributed by atoms with Crippen LogP contribution in [0.1, 0.15) is 48.3 Å². The molecule has 92 valence electrons. The summed E-state index contributed by atoms with van der Waals surface area (Å²) in [5.41, 5.74) is 1.12. The summed E-state index contributed by atoms with van der Waals surface area (Å²) >= 11 is 1.73. The number of hydrogen-bond donors (Lipinski definition) is 2. The lowest BCUT2D eigenvalue weighted by molar-refractivity contribution is 0.157. The fraction of sp³-hybridized carbons (Fsp3) is 0.750. The van der Waals surface area contributed by atoms with Gasteiger partial charge in [0.25, 0.3) is 0 Å². The molecule has 1 aromatic rings. The highest BCUT2D eigenvalue weighted by Crippen LogP contribution is 2.22. The molecule has 0 bridgehead atoms. The molecule has 0 aliphatic rings. The van der Waals surface area contributed by atoms with E-state index in [4.69, 9.17) is 0 Å². The Labute approximate surface area is 102 Å². The minimum atomic E-state index is -0.243. The maximum absolute atomic E-state index is 9.64. The highest BCUT2D eigenvalue weighted by molar-refractivity contribution is 7.11. The molecule has 1 rings (SSSR count). The molecule has 2 atom stereocenters. The molecule has 2 N–H and O–H groups in total. The van der Waals surface area contributed by atoms with Gasteiger partial charge in [0.05, 0.1) is 16.8 Å². The van der Waals surface area contributed by atoms with Gasteiger partial charge in [-0.2, -0.15) is 0 Å². The number of nitrogens with one attached hydrogen (secondary N) is 1. The van der Waals surface area contributed by atoms with Crippen molar-refractivity contribution in [1.29, 1.82) is 0 Å². The Morgan fingerprint density at radius 1 is 1.44 bits per heavy atom. The normalized spacial score (nSPS) is 15.1. The quantitative estimate of drug-likeness (QED) is 0.806. The van der Waals surface area contributed by atoms with E-state index in [0.29, 0.717) is 6.54 Å². The molecule has 0 radical (unpaired) electrons. The molecule has 0 saturated carbocycles. The molecule has 0 saturated heterocycles. The Hall–Kier alpha value is -0.450. The van der Waals surface area contributed by atoms with Crippen LogP contribution in [0.5, 0.6) is 0 Å². The first-order chi connectivity index (χ1) is 7.54. The highest BCUT2D eigenvalue weighted by Gasteiger charge is 2.13. The zero-order valence-corrected chi connectivity index (χ0v) is 11.4. The number of aliphatic hydroxyl groups excluding tert-OH is 1. The number of thiazole rings is 1. The summed E-state index contributed by atoms with van der Waals surface area (Å²) in [4.78, 5) is 5.77. The molecule has 1 aromatic heterocycles. The van der Waals surface area contributed by atoms with Gasteiger partial charge in [-0.1, -0.05) is 13.3 Å². The Bertz CT molecular complexity index is 325. The summed E-state index contributed by atoms with van der Waals surface area (Å²) in [6.45, 7) is 8.95. The van der Waals surface area contributed by atoms with Gasteiger partial charge in [-0.15, -0.1) is 11.3 Å². The lowest BCUT2D eigenvalue weighted by Crippen LogP contribution is -2.29. The third kappa shape index (κ3) is 3.85. The molecule has 0 aliphatic carbocycles. The average molecular weight is 242 g/mol. The van der Waals surface area contributed by atoms with Crippen LogP contribution in [0.3, 0.4) is 0 Å². The van der Waals surface area contributed by atoms with E-state index in [0.717, 1.165) is 23.5 Å². The van der Waals surface area contributed by atoms with E-state index in [1.807, 2.05) is 6.92 Å². The van der Waals surface area contributed by atoms with Crippen molar-refractivity contribution in [2.45, 2.75) is 52.7 Å². The lowest BCUT2D eigenvalue weighted by Gasteiger charge is -2.15. The molecule has 4 heteroatoms. The molecular formula is C12H22N2OS. The van der Waals surface area contributed by atoms with E-state index >= 15 is 0 Å². The largest absolute Gasteiger partial charge is 0.392 e. The predicted octanol–water partition coefficient (Wildman–Crippen LogP) is 2.57. The van der Waals surface area contributed by atoms with Gasteiger partial charge in [0, 0.05) is 17.5 Å². The van der Waals surface area contributed by atoms with Gasteiger partial charge in [0.2, 0.25) is 0 Å². The summed E-state index contributed by atoms with van der Waals surface area (Å²) < 4.78 is 0. The van der Waals surface area contributed by atoms with E-state index in [-0.39, 0.29) is 12.1 Å². The summed E-state index contributed by atoms with van der Waals surface area (Å²) in [7, 11) is 0. The zero-order valence-electron chi connectivity index (χ0n) is 10.6. The van der Waals surface area contributed by atoms with E-state index in [2.05, 4.69) is 31.1 Å². The maximum Gasteiger partial charge on any atom is 0.0900 e. The molecular weight excluding hydrogens is 220 g/mol. The van der Waals surface area contributed by atoms with Crippen LogP contribution in [0.15, 0.2) is 0 Å². The van der Waals surface area contributed by atoms with Crippen molar-refractivity contribution in [2.24, 2.45) is 0 Å². The fourth-order valence-electron chi connectivity index (χ4n) is 1.79. The van der Waals surface area contributed by atoms with E-state index < -0.39 is 0 Å². The lowest BCUT2D eigenvalue weighted by atomic mass is 10.1. The molecule has 2 unspecified atom stereocenters. The first kappa shape index (κ1) is 13.6. The minimum Gasteiger partial charge on any atom is -0.392 e. The topological polar surface area (TPSA) is 45.1 Å². The number of aliphatic hydroxyl groups is 1. The van der Waals surface area contributed by atoms with Crippen molar-refractivity contribution in [2.75, 3.05) is 6.54 Å². The smallest absolute Gasteiger partial charge is 0.0900 e. The average Bonchev–Trinajstić information content (AvgIpc) is 2.55. The van der Waals surface area contributed by atoms with Crippen LogP contribution in [-0.4, -0.2) is 22.7 Å². The van der Waals surface area contributed by atoms with Crippen molar-refractivity contribution >= 4 is 11.3 Å². The Balaban J connectivity index is 2.46. The second kappa shape index (κ2) is 6.33. The Morgan fingerprint density at radius 3 is 2.62 bits per heavy atom. The van der Waals surface area contributed by atoms with Gasteiger partial charge < -0.3 is 10.4 Å². The van der Waals surface area contributed by atoms with Gasteiger partial charge in [-0.05, 0) is 27.2 Å². The van der Waals surface area contributed by atoms with Crippen molar-refractivity contribution in [3.8, 4) is 0 Å². The van der Waals surface area contributed by atoms with Crippen LogP contribution >= 0.6 is 11.3 Å². The van der Waals surface area contributed by atoms with Crippen LogP contribution in [0, 0.1) is 13.8 Å². The number of aromatic nitrogens is 1. The molecule has 0 aromatic carbocycles. The Morgan fingerprint density at radius 2 is 2.12 bits per heavy atom. The van der Waals surface area contributed by atoms with Crippen LogP contribution in [-0.2, 0) is 0 Å². The van der Waals surface area contributed by atoms with Crippen LogP contribution in [0.4, 0.5) is 0 Å². The maximum atomic E-state index is 9.64. The summed E-state index contributed by atoms with van der Waals surface area (Å²) in [5, 5.41) is 14.1. The second-order valence-electron chi connectivity index (χ2n) is 4.25. The fourth-order valence-corrected chi connectivity index (χ4v) is 2.71. The number of rotatable bonds is 6. The van der Waals surface area contributed by atoms with Gasteiger partial charge in [0.15, 0.2) is 0 Å². The number of aryl methyl sites for hydroxylation is 2. The first-order valence-corrected chi connectivity index (χ1v) is 6.71. The van der Waals surface area contributed by atoms with Crippen LogP contribution in [0.2, 0.25) is 0 Å². The van der Waals surface area contributed by atoms with Gasteiger partial charge in [0.1, 0.15) is 0 Å². The molecule has 0 fully saturated rings. The molecule has 16 heavy (non-hydrogen) atoms. The first-order valence-electron chi connectivity index (χ1n) is 5.90. The standard InChI is InChI=1S/C12H22N2OS/c1-5-6-11(15)7-13-8(2)12-9(3)16-10(4)14-12/h8,11,13,15H,5-7H2,1-4H3. The molecule has 0 aliphatic heterocycles. The molecule has 0 spiro atoms. The van der Waals surface area contributed by atoms with Crippen molar-refractivity contribution in [1.82, 2.24) is 10.3 Å².